The van der Waals surface area contributed by atoms with Gasteiger partial charge in [-0.25, -0.2) is 0 Å². The summed E-state index contributed by atoms with van der Waals surface area (Å²) in [6.45, 7) is 4.62. The molecule has 0 radical (unpaired) electrons. The number of likely N-dealkylation sites (tertiary alicyclic amines) is 1. The highest BCUT2D eigenvalue weighted by atomic mass is 35.5. The van der Waals surface area contributed by atoms with E-state index in [1.165, 1.54) is 5.56 Å². The average Bonchev–Trinajstić information content (AvgIpc) is 2.25. The number of carbonyl (C=O) groups is 1. The Morgan fingerprint density at radius 2 is 2.00 bits per heavy atom. The molecule has 0 aliphatic carbocycles. The van der Waals surface area contributed by atoms with Gasteiger partial charge in [0.1, 0.15) is 5.78 Å². The molecule has 0 unspecified atom stereocenters. The second-order valence-corrected chi connectivity index (χ2v) is 4.82. The molecule has 2 nitrogen and oxygen atoms in total. The Morgan fingerprint density at radius 3 is 2.62 bits per heavy atom. The Morgan fingerprint density at radius 1 is 1.31 bits per heavy atom. The fourth-order valence-electron chi connectivity index (χ4n) is 1.98. The molecule has 3 heteroatoms. The number of Topliss-reactive ketones (excluding diaryl/α,β-unsaturated/α-hetero) is 1. The lowest BCUT2D eigenvalue weighted by Crippen LogP contribution is -2.33. The lowest BCUT2D eigenvalue weighted by molar-refractivity contribution is -0.121. The molecule has 1 aromatic carbocycles. The predicted octanol–water partition coefficient (Wildman–Crippen LogP) is 2.81. The quantitative estimate of drug-likeness (QED) is 0.789. The van der Waals surface area contributed by atoms with Gasteiger partial charge in [0.05, 0.1) is 0 Å². The molecule has 0 spiro atoms. The summed E-state index contributed by atoms with van der Waals surface area (Å²) in [7, 11) is 0. The number of benzene rings is 1. The molecule has 1 heterocycles. The number of halogens is 1. The molecule has 16 heavy (non-hydrogen) atoms. The van der Waals surface area contributed by atoms with Crippen LogP contribution in [0.5, 0.6) is 0 Å². The van der Waals surface area contributed by atoms with E-state index < -0.39 is 0 Å². The van der Waals surface area contributed by atoms with E-state index in [-0.39, 0.29) is 0 Å². The maximum atomic E-state index is 11.1. The van der Waals surface area contributed by atoms with Gasteiger partial charge < -0.3 is 0 Å². The fraction of sp³-hybridized carbons (Fsp3) is 0.462. The molecule has 0 aromatic heterocycles. The third-order valence-electron chi connectivity index (χ3n) is 3.02. The van der Waals surface area contributed by atoms with Gasteiger partial charge in [0.15, 0.2) is 0 Å². The van der Waals surface area contributed by atoms with Crippen molar-refractivity contribution in [2.75, 3.05) is 13.1 Å². The molecular formula is C13H16ClNO. The van der Waals surface area contributed by atoms with Crippen LogP contribution in [0.1, 0.15) is 24.0 Å². The van der Waals surface area contributed by atoms with Crippen LogP contribution < -0.4 is 0 Å². The van der Waals surface area contributed by atoms with Crippen LogP contribution in [-0.2, 0) is 11.3 Å². The Kier molecular flexibility index (Phi) is 3.62. The minimum absolute atomic E-state index is 0.381. The number of piperidine rings is 1. The summed E-state index contributed by atoms with van der Waals surface area (Å²) < 4.78 is 0. The van der Waals surface area contributed by atoms with Crippen molar-refractivity contribution in [3.8, 4) is 0 Å². The molecule has 0 amide bonds. The molecule has 1 aliphatic rings. The maximum absolute atomic E-state index is 11.1. The summed E-state index contributed by atoms with van der Waals surface area (Å²) in [5, 5.41) is 0.830. The predicted molar refractivity (Wildman–Crippen MR) is 65.7 cm³/mol. The Bertz CT molecular complexity index is 393. The van der Waals surface area contributed by atoms with Crippen molar-refractivity contribution in [3.05, 3.63) is 34.3 Å². The lowest BCUT2D eigenvalue weighted by Gasteiger charge is -2.26. The molecule has 2 rings (SSSR count). The van der Waals surface area contributed by atoms with Gasteiger partial charge in [-0.3, -0.25) is 9.69 Å². The zero-order valence-electron chi connectivity index (χ0n) is 9.50. The van der Waals surface area contributed by atoms with Crippen LogP contribution in [0.2, 0.25) is 5.02 Å². The number of carbonyl (C=O) groups excluding carboxylic acids is 1. The summed E-state index contributed by atoms with van der Waals surface area (Å²) in [6, 6.07) is 6.15. The van der Waals surface area contributed by atoms with E-state index in [4.69, 9.17) is 11.6 Å². The second-order valence-electron chi connectivity index (χ2n) is 4.41. The monoisotopic (exact) mass is 237 g/mol. The molecular weight excluding hydrogens is 222 g/mol. The first-order valence-corrected chi connectivity index (χ1v) is 6.02. The van der Waals surface area contributed by atoms with Gasteiger partial charge in [-0.2, -0.15) is 0 Å². The standard InChI is InChI=1S/C13H16ClNO/c1-10-2-3-11(13(14)8-10)9-15-6-4-12(16)5-7-15/h2-3,8H,4-7,9H2,1H3. The van der Waals surface area contributed by atoms with E-state index in [1.54, 1.807) is 0 Å². The van der Waals surface area contributed by atoms with Gasteiger partial charge in [0.2, 0.25) is 0 Å². The molecule has 0 saturated carbocycles. The lowest BCUT2D eigenvalue weighted by atomic mass is 10.1. The summed E-state index contributed by atoms with van der Waals surface area (Å²) in [5.41, 5.74) is 2.34. The van der Waals surface area contributed by atoms with E-state index in [1.807, 2.05) is 13.0 Å². The Hall–Kier alpha value is -0.860. The van der Waals surface area contributed by atoms with Crippen LogP contribution in [0.15, 0.2) is 18.2 Å². The van der Waals surface area contributed by atoms with Gasteiger partial charge in [-0.15, -0.1) is 0 Å². The second kappa shape index (κ2) is 4.98. The van der Waals surface area contributed by atoms with Crippen LogP contribution in [-0.4, -0.2) is 23.8 Å². The first kappa shape index (κ1) is 11.6. The number of aryl methyl sites for hydroxylation is 1. The smallest absolute Gasteiger partial charge is 0.135 e. The largest absolute Gasteiger partial charge is 0.300 e. The zero-order chi connectivity index (χ0) is 11.5. The number of nitrogens with zero attached hydrogens (tertiary/aromatic N) is 1. The van der Waals surface area contributed by atoms with Crippen molar-refractivity contribution in [3.63, 3.8) is 0 Å². The van der Waals surface area contributed by atoms with Gasteiger partial charge in [0.25, 0.3) is 0 Å². The first-order chi connectivity index (χ1) is 7.65. The van der Waals surface area contributed by atoms with Crippen molar-refractivity contribution in [1.82, 2.24) is 4.90 Å². The zero-order valence-corrected chi connectivity index (χ0v) is 10.3. The summed E-state index contributed by atoms with van der Waals surface area (Å²) in [6.07, 6.45) is 1.37. The topological polar surface area (TPSA) is 20.3 Å². The molecule has 1 saturated heterocycles. The van der Waals surface area contributed by atoms with E-state index in [2.05, 4.69) is 17.0 Å². The molecule has 0 bridgehead atoms. The summed E-state index contributed by atoms with van der Waals surface area (Å²) >= 11 is 6.18. The van der Waals surface area contributed by atoms with Crippen LogP contribution in [0.4, 0.5) is 0 Å². The van der Waals surface area contributed by atoms with Crippen LogP contribution in [0.3, 0.4) is 0 Å². The number of rotatable bonds is 2. The van der Waals surface area contributed by atoms with Gasteiger partial charge >= 0.3 is 0 Å². The van der Waals surface area contributed by atoms with Crippen molar-refractivity contribution in [2.24, 2.45) is 0 Å². The third-order valence-corrected chi connectivity index (χ3v) is 3.37. The highest BCUT2D eigenvalue weighted by Gasteiger charge is 2.16. The van der Waals surface area contributed by atoms with E-state index in [0.717, 1.165) is 30.2 Å². The minimum atomic E-state index is 0.381. The maximum Gasteiger partial charge on any atom is 0.135 e. The average molecular weight is 238 g/mol. The molecule has 1 aliphatic heterocycles. The summed E-state index contributed by atoms with van der Waals surface area (Å²) in [4.78, 5) is 13.4. The van der Waals surface area contributed by atoms with Crippen LogP contribution >= 0.6 is 11.6 Å². The SMILES string of the molecule is Cc1ccc(CN2CCC(=O)CC2)c(Cl)c1. The van der Waals surface area contributed by atoms with Crippen molar-refractivity contribution < 1.29 is 4.79 Å². The first-order valence-electron chi connectivity index (χ1n) is 5.64. The number of hydrogen-bond acceptors (Lipinski definition) is 2. The fourth-order valence-corrected chi connectivity index (χ4v) is 2.28. The van der Waals surface area contributed by atoms with Gasteiger partial charge in [-0.1, -0.05) is 23.7 Å². The molecule has 0 atom stereocenters. The molecule has 0 N–H and O–H groups in total. The normalized spacial score (nSPS) is 17.8. The van der Waals surface area contributed by atoms with Crippen LogP contribution in [0, 0.1) is 6.92 Å². The van der Waals surface area contributed by atoms with E-state index >= 15 is 0 Å². The Balaban J connectivity index is 2.01. The minimum Gasteiger partial charge on any atom is -0.300 e. The van der Waals surface area contributed by atoms with Crippen molar-refractivity contribution in [1.29, 1.82) is 0 Å². The molecule has 1 fully saturated rings. The number of hydrogen-bond donors (Lipinski definition) is 0. The molecule has 1 aromatic rings. The van der Waals surface area contributed by atoms with Gasteiger partial charge in [0, 0.05) is 37.5 Å². The molecule has 86 valence electrons. The number of ketones is 1. The van der Waals surface area contributed by atoms with E-state index in [0.29, 0.717) is 18.6 Å². The van der Waals surface area contributed by atoms with E-state index in [9.17, 15) is 4.79 Å². The third kappa shape index (κ3) is 2.83. The van der Waals surface area contributed by atoms with Crippen molar-refractivity contribution >= 4 is 17.4 Å². The summed E-state index contributed by atoms with van der Waals surface area (Å²) in [5.74, 6) is 0.381. The highest BCUT2D eigenvalue weighted by Crippen LogP contribution is 2.20. The highest BCUT2D eigenvalue weighted by molar-refractivity contribution is 6.31. The van der Waals surface area contributed by atoms with Crippen molar-refractivity contribution in [2.45, 2.75) is 26.3 Å². The Labute approximate surface area is 101 Å². The van der Waals surface area contributed by atoms with Gasteiger partial charge in [-0.05, 0) is 24.1 Å². The van der Waals surface area contributed by atoms with Crippen LogP contribution in [0.25, 0.3) is 0 Å².